The number of nitrogens with two attached hydrogens (primary N) is 1. The van der Waals surface area contributed by atoms with Gasteiger partial charge in [0.15, 0.2) is 0 Å². The Kier molecular flexibility index (Phi) is 4.12. The van der Waals surface area contributed by atoms with Crippen LogP contribution < -0.4 is 11.1 Å². The molecule has 8 heteroatoms. The molecule has 7 nitrogen and oxygen atoms in total. The summed E-state index contributed by atoms with van der Waals surface area (Å²) in [4.78, 5) is 10.00. The number of hydrogen-bond donors (Lipinski definition) is 2. The summed E-state index contributed by atoms with van der Waals surface area (Å²) in [6.07, 6.45) is 1.15. The topological polar surface area (TPSA) is 115 Å². The molecular formula is C10H15N3O4S. The normalized spacial score (nSPS) is 13.0. The molecular weight excluding hydrogens is 258 g/mol. The summed E-state index contributed by atoms with van der Waals surface area (Å²) in [5.41, 5.74) is 5.94. The minimum Gasteiger partial charge on any atom is -0.393 e. The van der Waals surface area contributed by atoms with Crippen molar-refractivity contribution in [2.24, 2.45) is 0 Å². The molecule has 0 saturated carbocycles. The van der Waals surface area contributed by atoms with Gasteiger partial charge in [0.25, 0.3) is 5.69 Å². The van der Waals surface area contributed by atoms with Crippen molar-refractivity contribution in [1.82, 2.24) is 0 Å². The zero-order valence-corrected chi connectivity index (χ0v) is 10.9. The quantitative estimate of drug-likeness (QED) is 0.470. The summed E-state index contributed by atoms with van der Waals surface area (Å²) in [5.74, 6) is -0.0239. The smallest absolute Gasteiger partial charge is 0.292 e. The predicted octanol–water partition coefficient (Wildman–Crippen LogP) is 1.02. The van der Waals surface area contributed by atoms with Gasteiger partial charge in [-0.05, 0) is 19.1 Å². The molecule has 100 valence electrons. The van der Waals surface area contributed by atoms with Gasteiger partial charge in [0, 0.05) is 24.1 Å². The molecule has 0 amide bonds. The summed E-state index contributed by atoms with van der Waals surface area (Å²) in [7, 11) is -3.08. The molecule has 0 spiro atoms. The van der Waals surface area contributed by atoms with Gasteiger partial charge in [-0.1, -0.05) is 0 Å². The Bertz CT molecular complexity index is 556. The number of nitrogens with one attached hydrogen (secondary N) is 1. The van der Waals surface area contributed by atoms with Crippen molar-refractivity contribution in [1.29, 1.82) is 0 Å². The van der Waals surface area contributed by atoms with Gasteiger partial charge in [-0.3, -0.25) is 10.1 Å². The molecule has 0 aromatic heterocycles. The van der Waals surface area contributed by atoms with Crippen molar-refractivity contribution in [3.8, 4) is 0 Å². The van der Waals surface area contributed by atoms with Gasteiger partial charge in [0.1, 0.15) is 15.5 Å². The Hall–Kier alpha value is -1.83. The van der Waals surface area contributed by atoms with Gasteiger partial charge < -0.3 is 11.1 Å². The van der Waals surface area contributed by atoms with Crippen LogP contribution in [0.1, 0.15) is 6.92 Å². The Labute approximate surface area is 105 Å². The van der Waals surface area contributed by atoms with E-state index in [1.807, 2.05) is 0 Å². The van der Waals surface area contributed by atoms with Crippen LogP contribution in [0.25, 0.3) is 0 Å². The predicted molar refractivity (Wildman–Crippen MR) is 70.3 cm³/mol. The Morgan fingerprint density at radius 3 is 2.56 bits per heavy atom. The lowest BCUT2D eigenvalue weighted by Crippen LogP contribution is -2.25. The number of benzene rings is 1. The number of rotatable bonds is 5. The average Bonchev–Trinajstić information content (AvgIpc) is 2.13. The first-order valence-corrected chi connectivity index (χ1v) is 7.23. The SMILES string of the molecule is CC(CS(C)(=O)=O)Nc1ccc([N+](=O)[O-])c(N)c1. The fourth-order valence-electron chi connectivity index (χ4n) is 1.59. The first-order valence-electron chi connectivity index (χ1n) is 5.17. The summed E-state index contributed by atoms with van der Waals surface area (Å²) in [6.45, 7) is 1.71. The van der Waals surface area contributed by atoms with E-state index in [9.17, 15) is 18.5 Å². The Morgan fingerprint density at radius 2 is 2.11 bits per heavy atom. The molecule has 0 bridgehead atoms. The second-order valence-electron chi connectivity index (χ2n) is 4.17. The molecule has 0 heterocycles. The molecule has 1 atom stereocenters. The summed E-state index contributed by atoms with van der Waals surface area (Å²) < 4.78 is 22.2. The standard InChI is InChI=1S/C10H15N3O4S/c1-7(6-18(2,16)17)12-8-3-4-10(13(14)15)9(11)5-8/h3-5,7,12H,6,11H2,1-2H3. The molecule has 0 aliphatic rings. The van der Waals surface area contributed by atoms with E-state index in [2.05, 4.69) is 5.32 Å². The van der Waals surface area contributed by atoms with E-state index < -0.39 is 14.8 Å². The second-order valence-corrected chi connectivity index (χ2v) is 6.35. The molecule has 1 rings (SSSR count). The van der Waals surface area contributed by atoms with Gasteiger partial charge in [0.05, 0.1) is 10.7 Å². The highest BCUT2D eigenvalue weighted by molar-refractivity contribution is 7.90. The van der Waals surface area contributed by atoms with Crippen molar-refractivity contribution in [3.05, 3.63) is 28.3 Å². The number of nitro groups is 1. The van der Waals surface area contributed by atoms with Crippen LogP contribution in [-0.2, 0) is 9.84 Å². The third-order valence-electron chi connectivity index (χ3n) is 2.19. The number of anilines is 2. The van der Waals surface area contributed by atoms with Crippen molar-refractivity contribution >= 4 is 26.9 Å². The highest BCUT2D eigenvalue weighted by atomic mass is 32.2. The average molecular weight is 273 g/mol. The molecule has 0 fully saturated rings. The fraction of sp³-hybridized carbons (Fsp3) is 0.400. The summed E-state index contributed by atoms with van der Waals surface area (Å²) >= 11 is 0. The maximum absolute atomic E-state index is 11.1. The van der Waals surface area contributed by atoms with Gasteiger partial charge >= 0.3 is 0 Å². The third kappa shape index (κ3) is 4.21. The van der Waals surface area contributed by atoms with Crippen molar-refractivity contribution < 1.29 is 13.3 Å². The van der Waals surface area contributed by atoms with Crippen LogP contribution in [0, 0.1) is 10.1 Å². The summed E-state index contributed by atoms with van der Waals surface area (Å²) in [6, 6.07) is 3.88. The summed E-state index contributed by atoms with van der Waals surface area (Å²) in [5, 5.41) is 13.5. The number of nitrogens with zero attached hydrogens (tertiary/aromatic N) is 1. The Balaban J connectivity index is 2.81. The van der Waals surface area contributed by atoms with Gasteiger partial charge in [-0.25, -0.2) is 8.42 Å². The molecule has 0 saturated heterocycles. The lowest BCUT2D eigenvalue weighted by molar-refractivity contribution is -0.383. The molecule has 1 unspecified atom stereocenters. The largest absolute Gasteiger partial charge is 0.393 e. The van der Waals surface area contributed by atoms with Crippen molar-refractivity contribution in [3.63, 3.8) is 0 Å². The van der Waals surface area contributed by atoms with Crippen LogP contribution in [0.5, 0.6) is 0 Å². The Morgan fingerprint density at radius 1 is 1.50 bits per heavy atom. The van der Waals surface area contributed by atoms with Crippen LogP contribution in [0.3, 0.4) is 0 Å². The number of nitrogen functional groups attached to an aromatic ring is 1. The number of hydrogen-bond acceptors (Lipinski definition) is 6. The van der Waals surface area contributed by atoms with Crippen LogP contribution in [0.2, 0.25) is 0 Å². The molecule has 1 aromatic rings. The molecule has 0 aliphatic heterocycles. The molecule has 0 radical (unpaired) electrons. The number of nitro benzene ring substituents is 1. The lowest BCUT2D eigenvalue weighted by Gasteiger charge is -2.14. The highest BCUT2D eigenvalue weighted by Crippen LogP contribution is 2.24. The lowest BCUT2D eigenvalue weighted by atomic mass is 10.2. The third-order valence-corrected chi connectivity index (χ3v) is 3.30. The minimum absolute atomic E-state index is 0.0239. The van der Waals surface area contributed by atoms with Gasteiger partial charge in [-0.15, -0.1) is 0 Å². The first-order chi connectivity index (χ1) is 8.19. The molecule has 0 aliphatic carbocycles. The van der Waals surface area contributed by atoms with E-state index >= 15 is 0 Å². The zero-order chi connectivity index (χ0) is 13.9. The zero-order valence-electron chi connectivity index (χ0n) is 10.1. The first kappa shape index (κ1) is 14.2. The number of sulfone groups is 1. The van der Waals surface area contributed by atoms with Crippen LogP contribution in [-0.4, -0.2) is 31.4 Å². The molecule has 1 aromatic carbocycles. The monoisotopic (exact) mass is 273 g/mol. The molecule has 18 heavy (non-hydrogen) atoms. The van der Waals surface area contributed by atoms with Crippen LogP contribution in [0.4, 0.5) is 17.1 Å². The van der Waals surface area contributed by atoms with E-state index in [1.54, 1.807) is 6.92 Å². The maximum atomic E-state index is 11.1. The highest BCUT2D eigenvalue weighted by Gasteiger charge is 2.14. The van der Waals surface area contributed by atoms with Crippen molar-refractivity contribution in [2.75, 3.05) is 23.1 Å². The van der Waals surface area contributed by atoms with Crippen molar-refractivity contribution in [2.45, 2.75) is 13.0 Å². The van der Waals surface area contributed by atoms with Gasteiger partial charge in [-0.2, -0.15) is 0 Å². The van der Waals surface area contributed by atoms with Gasteiger partial charge in [0.2, 0.25) is 0 Å². The van der Waals surface area contributed by atoms with E-state index in [0.29, 0.717) is 5.69 Å². The fourth-order valence-corrected chi connectivity index (χ4v) is 2.58. The van der Waals surface area contributed by atoms with E-state index in [-0.39, 0.29) is 23.2 Å². The second kappa shape index (κ2) is 5.21. The minimum atomic E-state index is -3.08. The van der Waals surface area contributed by atoms with Crippen LogP contribution >= 0.6 is 0 Å². The van der Waals surface area contributed by atoms with Crippen LogP contribution in [0.15, 0.2) is 18.2 Å². The maximum Gasteiger partial charge on any atom is 0.292 e. The van der Waals surface area contributed by atoms with E-state index in [4.69, 9.17) is 5.73 Å². The molecule has 3 N–H and O–H groups in total. The van der Waals surface area contributed by atoms with E-state index in [0.717, 1.165) is 6.26 Å². The van der Waals surface area contributed by atoms with E-state index in [1.165, 1.54) is 18.2 Å².